The normalized spacial score (nSPS) is 15.3. The van der Waals surface area contributed by atoms with E-state index in [2.05, 4.69) is 10.3 Å². The van der Waals surface area contributed by atoms with E-state index in [-0.39, 0.29) is 0 Å². The molecule has 0 spiro atoms. The van der Waals surface area contributed by atoms with Crippen molar-refractivity contribution in [1.29, 1.82) is 0 Å². The summed E-state index contributed by atoms with van der Waals surface area (Å²) in [6.07, 6.45) is 4.45. The first-order chi connectivity index (χ1) is 6.83. The van der Waals surface area contributed by atoms with Gasteiger partial charge in [0, 0.05) is 19.8 Å². The van der Waals surface area contributed by atoms with E-state index in [9.17, 15) is 0 Å². The first-order valence-corrected chi connectivity index (χ1v) is 4.87. The molecule has 0 aliphatic heterocycles. The second kappa shape index (κ2) is 3.84. The van der Waals surface area contributed by atoms with Crippen molar-refractivity contribution in [3.05, 3.63) is 17.8 Å². The third kappa shape index (κ3) is 1.96. The van der Waals surface area contributed by atoms with Gasteiger partial charge in [0.15, 0.2) is 11.6 Å². The number of ether oxygens (including phenoxy) is 1. The number of nitrogens with two attached hydrogens (primary N) is 1. The van der Waals surface area contributed by atoms with Crippen LogP contribution in [-0.2, 0) is 6.54 Å². The minimum absolute atomic E-state index is 0.386. The largest absolute Gasteiger partial charge is 0.487 e. The number of nitrogens with one attached hydrogen (secondary N) is 1. The van der Waals surface area contributed by atoms with Crippen molar-refractivity contribution in [2.24, 2.45) is 5.73 Å². The average molecular weight is 193 g/mol. The molecule has 1 heterocycles. The molecule has 3 N–H and O–H groups in total. The molecule has 0 radical (unpaired) electrons. The van der Waals surface area contributed by atoms with Crippen molar-refractivity contribution in [1.82, 2.24) is 4.98 Å². The van der Waals surface area contributed by atoms with Crippen LogP contribution in [0, 0.1) is 0 Å². The minimum Gasteiger partial charge on any atom is -0.487 e. The highest BCUT2D eigenvalue weighted by Gasteiger charge is 2.24. The van der Waals surface area contributed by atoms with Crippen LogP contribution in [0.4, 0.5) is 5.82 Å². The first kappa shape index (κ1) is 9.27. The number of aromatic nitrogens is 1. The molecule has 0 unspecified atom stereocenters. The van der Waals surface area contributed by atoms with Crippen LogP contribution in [0.1, 0.15) is 18.4 Å². The third-order valence-electron chi connectivity index (χ3n) is 2.20. The maximum Gasteiger partial charge on any atom is 0.168 e. The Morgan fingerprint density at radius 3 is 3.00 bits per heavy atom. The topological polar surface area (TPSA) is 60.2 Å². The van der Waals surface area contributed by atoms with Crippen LogP contribution in [0.15, 0.2) is 12.3 Å². The van der Waals surface area contributed by atoms with Crippen LogP contribution in [0.3, 0.4) is 0 Å². The Morgan fingerprint density at radius 2 is 2.43 bits per heavy atom. The molecule has 1 aromatic rings. The van der Waals surface area contributed by atoms with Crippen LogP contribution in [0.25, 0.3) is 0 Å². The van der Waals surface area contributed by atoms with Crippen LogP contribution in [0.2, 0.25) is 0 Å². The van der Waals surface area contributed by atoms with Gasteiger partial charge in [0.05, 0.1) is 6.10 Å². The van der Waals surface area contributed by atoms with Crippen LogP contribution >= 0.6 is 0 Å². The Bertz CT molecular complexity index is 323. The van der Waals surface area contributed by atoms with Gasteiger partial charge in [0.2, 0.25) is 0 Å². The van der Waals surface area contributed by atoms with Gasteiger partial charge >= 0.3 is 0 Å². The minimum atomic E-state index is 0.386. The average Bonchev–Trinajstić information content (AvgIpc) is 3.01. The van der Waals surface area contributed by atoms with E-state index >= 15 is 0 Å². The lowest BCUT2D eigenvalue weighted by atomic mass is 10.2. The highest BCUT2D eigenvalue weighted by Crippen LogP contribution is 2.31. The third-order valence-corrected chi connectivity index (χ3v) is 2.20. The molecule has 4 heteroatoms. The molecular formula is C10H15N3O. The maximum absolute atomic E-state index is 5.71. The zero-order valence-corrected chi connectivity index (χ0v) is 8.29. The number of hydrogen-bond acceptors (Lipinski definition) is 4. The predicted octanol–water partition coefficient (Wildman–Crippen LogP) is 1.12. The summed E-state index contributed by atoms with van der Waals surface area (Å²) in [7, 11) is 1.84. The van der Waals surface area contributed by atoms with Crippen molar-refractivity contribution in [2.75, 3.05) is 12.4 Å². The molecule has 1 aromatic heterocycles. The van der Waals surface area contributed by atoms with Crippen molar-refractivity contribution >= 4 is 5.82 Å². The number of hydrogen-bond donors (Lipinski definition) is 2. The van der Waals surface area contributed by atoms with Crippen LogP contribution in [0.5, 0.6) is 5.75 Å². The Balaban J connectivity index is 2.21. The summed E-state index contributed by atoms with van der Waals surface area (Å²) in [5, 5.41) is 3.00. The van der Waals surface area contributed by atoms with Gasteiger partial charge in [-0.3, -0.25) is 0 Å². The molecule has 0 atom stereocenters. The Hall–Kier alpha value is -1.29. The molecule has 76 valence electrons. The number of nitrogens with zero attached hydrogens (tertiary/aromatic N) is 1. The number of pyridine rings is 1. The fourth-order valence-corrected chi connectivity index (χ4v) is 1.24. The van der Waals surface area contributed by atoms with E-state index < -0.39 is 0 Å². The van der Waals surface area contributed by atoms with Crippen LogP contribution in [-0.4, -0.2) is 18.1 Å². The monoisotopic (exact) mass is 193 g/mol. The molecular weight excluding hydrogens is 178 g/mol. The summed E-state index contributed by atoms with van der Waals surface area (Å²) < 4.78 is 5.71. The van der Waals surface area contributed by atoms with Gasteiger partial charge in [-0.2, -0.15) is 0 Å². The van der Waals surface area contributed by atoms with E-state index in [1.54, 1.807) is 6.20 Å². The lowest BCUT2D eigenvalue weighted by Gasteiger charge is -2.10. The van der Waals surface area contributed by atoms with Crippen molar-refractivity contribution in [3.63, 3.8) is 0 Å². The summed E-state index contributed by atoms with van der Waals surface area (Å²) >= 11 is 0. The van der Waals surface area contributed by atoms with Gasteiger partial charge in [0.25, 0.3) is 0 Å². The number of anilines is 1. The van der Waals surface area contributed by atoms with E-state index in [4.69, 9.17) is 10.5 Å². The maximum atomic E-state index is 5.71. The lowest BCUT2D eigenvalue weighted by Crippen LogP contribution is -2.04. The van der Waals surface area contributed by atoms with Gasteiger partial charge < -0.3 is 15.8 Å². The summed E-state index contributed by atoms with van der Waals surface area (Å²) in [6, 6.07) is 1.96. The molecule has 1 aliphatic carbocycles. The van der Waals surface area contributed by atoms with Gasteiger partial charge in [-0.1, -0.05) is 0 Å². The van der Waals surface area contributed by atoms with E-state index in [1.807, 2.05) is 13.1 Å². The quantitative estimate of drug-likeness (QED) is 0.752. The molecule has 0 saturated heterocycles. The molecule has 0 bridgehead atoms. The van der Waals surface area contributed by atoms with Gasteiger partial charge in [0.1, 0.15) is 0 Å². The highest BCUT2D eigenvalue weighted by molar-refractivity contribution is 5.50. The summed E-state index contributed by atoms with van der Waals surface area (Å²) in [5.41, 5.74) is 6.54. The zero-order valence-electron chi connectivity index (χ0n) is 8.29. The predicted molar refractivity (Wildman–Crippen MR) is 55.3 cm³/mol. The molecule has 1 saturated carbocycles. The summed E-state index contributed by atoms with van der Waals surface area (Å²) in [5.74, 6) is 1.60. The molecule has 1 fully saturated rings. The molecule has 1 aliphatic rings. The van der Waals surface area contributed by atoms with E-state index in [0.29, 0.717) is 12.6 Å². The Kier molecular flexibility index (Phi) is 2.54. The first-order valence-electron chi connectivity index (χ1n) is 4.87. The standard InChI is InChI=1S/C10H15N3O/c1-12-10-9(14-8-2-3-8)4-7(5-11)6-13-10/h4,6,8H,2-3,5,11H2,1H3,(H,12,13). The van der Waals surface area contributed by atoms with Crippen molar-refractivity contribution in [3.8, 4) is 5.75 Å². The Morgan fingerprint density at radius 1 is 1.64 bits per heavy atom. The second-order valence-corrected chi connectivity index (χ2v) is 3.46. The summed E-state index contributed by atoms with van der Waals surface area (Å²) in [4.78, 5) is 4.23. The lowest BCUT2D eigenvalue weighted by molar-refractivity contribution is 0.303. The zero-order chi connectivity index (χ0) is 9.97. The Labute approximate surface area is 83.5 Å². The van der Waals surface area contributed by atoms with E-state index in [1.165, 1.54) is 0 Å². The highest BCUT2D eigenvalue weighted by atomic mass is 16.5. The fourth-order valence-electron chi connectivity index (χ4n) is 1.24. The fraction of sp³-hybridized carbons (Fsp3) is 0.500. The second-order valence-electron chi connectivity index (χ2n) is 3.46. The van der Waals surface area contributed by atoms with E-state index in [0.717, 1.165) is 30.0 Å². The van der Waals surface area contributed by atoms with Gasteiger partial charge in [-0.05, 0) is 24.5 Å². The number of rotatable bonds is 4. The molecule has 2 rings (SSSR count). The van der Waals surface area contributed by atoms with Crippen molar-refractivity contribution in [2.45, 2.75) is 25.5 Å². The van der Waals surface area contributed by atoms with Crippen LogP contribution < -0.4 is 15.8 Å². The smallest absolute Gasteiger partial charge is 0.168 e. The van der Waals surface area contributed by atoms with Gasteiger partial charge in [-0.15, -0.1) is 0 Å². The molecule has 14 heavy (non-hydrogen) atoms. The van der Waals surface area contributed by atoms with Gasteiger partial charge in [-0.25, -0.2) is 4.98 Å². The summed E-state index contributed by atoms with van der Waals surface area (Å²) in [6.45, 7) is 0.498. The molecule has 0 aromatic carbocycles. The molecule has 0 amide bonds. The van der Waals surface area contributed by atoms with Crippen molar-refractivity contribution < 1.29 is 4.74 Å². The SMILES string of the molecule is CNc1ncc(CN)cc1OC1CC1. The molecule has 4 nitrogen and oxygen atoms in total.